The van der Waals surface area contributed by atoms with E-state index in [2.05, 4.69) is 16.0 Å². The Bertz CT molecular complexity index is 1000. The van der Waals surface area contributed by atoms with E-state index < -0.39 is 47.6 Å². The van der Waals surface area contributed by atoms with Gasteiger partial charge in [0.25, 0.3) is 0 Å². The quantitative estimate of drug-likeness (QED) is 0.236. The molecule has 0 spiro atoms. The molecular weight excluding hydrogens is 498 g/mol. The normalized spacial score (nSPS) is 21.5. The Hall–Kier alpha value is -2.78. The Morgan fingerprint density at radius 2 is 1.38 bits per heavy atom. The second-order valence-electron chi connectivity index (χ2n) is 12.2. The lowest BCUT2D eigenvalue weighted by atomic mass is 9.93. The predicted octanol–water partition coefficient (Wildman–Crippen LogP) is 2.29. The first-order valence-corrected chi connectivity index (χ1v) is 14.2. The van der Waals surface area contributed by atoms with Crippen LogP contribution in [0.15, 0.2) is 30.3 Å². The maximum Gasteiger partial charge on any atom is 0.249 e. The Morgan fingerprint density at radius 1 is 0.872 bits per heavy atom. The van der Waals surface area contributed by atoms with Crippen molar-refractivity contribution >= 4 is 23.5 Å². The van der Waals surface area contributed by atoms with Gasteiger partial charge in [-0.2, -0.15) is 0 Å². The van der Waals surface area contributed by atoms with Crippen LogP contribution in [-0.2, 0) is 30.3 Å². The second-order valence-corrected chi connectivity index (χ2v) is 12.2. The second kappa shape index (κ2) is 13.5. The minimum absolute atomic E-state index is 0.0790. The smallest absolute Gasteiger partial charge is 0.249 e. The van der Waals surface area contributed by atoms with Gasteiger partial charge in [0, 0.05) is 6.42 Å². The van der Waals surface area contributed by atoms with Gasteiger partial charge >= 0.3 is 0 Å². The van der Waals surface area contributed by atoms with E-state index in [0.717, 1.165) is 18.4 Å². The molecule has 1 saturated heterocycles. The Labute approximate surface area is 231 Å². The molecule has 3 rings (SSSR count). The largest absolute Gasteiger partial charge is 0.383 e. The summed E-state index contributed by atoms with van der Waals surface area (Å²) in [5.41, 5.74) is -0.0506. The van der Waals surface area contributed by atoms with Gasteiger partial charge < -0.3 is 25.8 Å². The molecule has 0 aromatic heterocycles. The summed E-state index contributed by atoms with van der Waals surface area (Å²) in [6.45, 7) is 9.86. The highest BCUT2D eigenvalue weighted by Crippen LogP contribution is 2.33. The van der Waals surface area contributed by atoms with Gasteiger partial charge in [0.1, 0.15) is 23.8 Å². The van der Waals surface area contributed by atoms with Crippen molar-refractivity contribution in [2.24, 2.45) is 17.8 Å². The van der Waals surface area contributed by atoms with Crippen molar-refractivity contribution in [3.63, 3.8) is 0 Å². The first kappa shape index (κ1) is 30.8. The summed E-state index contributed by atoms with van der Waals surface area (Å²) in [4.78, 5) is 52.8. The number of ketones is 1. The van der Waals surface area contributed by atoms with Crippen LogP contribution in [0.4, 0.5) is 0 Å². The fourth-order valence-electron chi connectivity index (χ4n) is 4.67. The molecule has 1 aliphatic carbocycles. The molecule has 1 aromatic rings. The SMILES string of the molecule is CC(C)C[C@H](NC(=O)[C@@H](O)CC1CC1)C(=O)N[C@@H](Cc1ccccc1)C(=O)N[C@@H](CC(C)C)C(=O)[C@@]1(C)CO1. The molecule has 39 heavy (non-hydrogen) atoms. The van der Waals surface area contributed by atoms with Crippen LogP contribution in [0.3, 0.4) is 0 Å². The van der Waals surface area contributed by atoms with Crippen LogP contribution in [0, 0.1) is 17.8 Å². The standard InChI is InChI=1S/C30H45N3O6/c1-18(2)13-22(26(35)30(5)17-39-30)31-28(37)24(15-20-9-7-6-8-10-20)32-27(36)23(14-19(3)4)33-29(38)25(34)16-21-11-12-21/h6-10,18-19,21-25,34H,11-17H2,1-5H3,(H,31,37)(H,32,36)(H,33,38)/t22-,23-,24-,25-,30+/m0/s1. The van der Waals surface area contributed by atoms with Crippen LogP contribution >= 0.6 is 0 Å². The van der Waals surface area contributed by atoms with E-state index in [9.17, 15) is 24.3 Å². The molecule has 3 amide bonds. The highest BCUT2D eigenvalue weighted by Gasteiger charge is 2.50. The van der Waals surface area contributed by atoms with Crippen LogP contribution < -0.4 is 16.0 Å². The average Bonchev–Trinajstić information content (AvgIpc) is 3.81. The van der Waals surface area contributed by atoms with Crippen molar-refractivity contribution < 1.29 is 29.0 Å². The van der Waals surface area contributed by atoms with Crippen LogP contribution in [0.25, 0.3) is 0 Å². The van der Waals surface area contributed by atoms with E-state index >= 15 is 0 Å². The fourth-order valence-corrected chi connectivity index (χ4v) is 4.67. The predicted molar refractivity (Wildman–Crippen MR) is 148 cm³/mol. The molecule has 1 aromatic carbocycles. The third kappa shape index (κ3) is 9.72. The molecule has 0 radical (unpaired) electrons. The number of rotatable bonds is 16. The topological polar surface area (TPSA) is 137 Å². The molecule has 9 heteroatoms. The molecule has 1 saturated carbocycles. The summed E-state index contributed by atoms with van der Waals surface area (Å²) in [7, 11) is 0. The zero-order chi connectivity index (χ0) is 28.7. The van der Waals surface area contributed by atoms with Gasteiger partial charge in [-0.15, -0.1) is 0 Å². The number of benzene rings is 1. The summed E-state index contributed by atoms with van der Waals surface area (Å²) in [6, 6.07) is 6.67. The van der Waals surface area contributed by atoms with Gasteiger partial charge in [-0.25, -0.2) is 0 Å². The summed E-state index contributed by atoms with van der Waals surface area (Å²) in [6.07, 6.45) is 2.22. The summed E-state index contributed by atoms with van der Waals surface area (Å²) in [5.74, 6) is -1.15. The van der Waals surface area contributed by atoms with Crippen LogP contribution in [0.1, 0.15) is 72.3 Å². The lowest BCUT2D eigenvalue weighted by molar-refractivity contribution is -0.136. The van der Waals surface area contributed by atoms with Crippen molar-refractivity contribution in [3.05, 3.63) is 35.9 Å². The van der Waals surface area contributed by atoms with E-state index in [-0.39, 0.29) is 24.0 Å². The van der Waals surface area contributed by atoms with Gasteiger partial charge in [0.2, 0.25) is 17.7 Å². The van der Waals surface area contributed by atoms with Crippen molar-refractivity contribution in [1.82, 2.24) is 16.0 Å². The highest BCUT2D eigenvalue weighted by atomic mass is 16.6. The monoisotopic (exact) mass is 543 g/mol. The summed E-state index contributed by atoms with van der Waals surface area (Å²) >= 11 is 0. The molecule has 216 valence electrons. The maximum absolute atomic E-state index is 13.6. The van der Waals surface area contributed by atoms with Crippen LogP contribution in [-0.4, -0.2) is 65.0 Å². The third-order valence-corrected chi connectivity index (χ3v) is 7.25. The van der Waals surface area contributed by atoms with Gasteiger partial charge in [-0.05, 0) is 49.5 Å². The Morgan fingerprint density at radius 3 is 1.92 bits per heavy atom. The number of Topliss-reactive ketones (excluding diaryl/α,β-unsaturated/α-hetero) is 1. The number of amides is 3. The first-order valence-electron chi connectivity index (χ1n) is 14.2. The number of epoxide rings is 1. The minimum Gasteiger partial charge on any atom is -0.383 e. The summed E-state index contributed by atoms with van der Waals surface area (Å²) in [5, 5.41) is 18.7. The molecule has 0 bridgehead atoms. The van der Waals surface area contributed by atoms with E-state index in [0.29, 0.717) is 31.8 Å². The number of hydrogen-bond donors (Lipinski definition) is 4. The summed E-state index contributed by atoms with van der Waals surface area (Å²) < 4.78 is 5.34. The molecular formula is C30H45N3O6. The van der Waals surface area contributed by atoms with Crippen molar-refractivity contribution in [3.8, 4) is 0 Å². The zero-order valence-electron chi connectivity index (χ0n) is 23.9. The lowest BCUT2D eigenvalue weighted by Crippen LogP contribution is -2.58. The molecule has 0 unspecified atom stereocenters. The molecule has 5 atom stereocenters. The number of carbonyl (C=O) groups excluding carboxylic acids is 4. The third-order valence-electron chi connectivity index (χ3n) is 7.25. The van der Waals surface area contributed by atoms with Gasteiger partial charge in [0.05, 0.1) is 12.6 Å². The van der Waals surface area contributed by atoms with Crippen molar-refractivity contribution in [1.29, 1.82) is 0 Å². The van der Waals surface area contributed by atoms with Crippen LogP contribution in [0.5, 0.6) is 0 Å². The minimum atomic E-state index is -1.17. The van der Waals surface area contributed by atoms with Crippen LogP contribution in [0.2, 0.25) is 0 Å². The van der Waals surface area contributed by atoms with Crippen molar-refractivity contribution in [2.75, 3.05) is 6.61 Å². The van der Waals surface area contributed by atoms with E-state index in [4.69, 9.17) is 4.74 Å². The molecule has 9 nitrogen and oxygen atoms in total. The first-order chi connectivity index (χ1) is 18.4. The Balaban J connectivity index is 1.76. The van der Waals surface area contributed by atoms with Crippen molar-refractivity contribution in [2.45, 2.75) is 103 Å². The molecule has 1 heterocycles. The van der Waals surface area contributed by atoms with E-state index in [1.165, 1.54) is 0 Å². The Kier molecular flexibility index (Phi) is 10.7. The maximum atomic E-state index is 13.6. The molecule has 2 fully saturated rings. The molecule has 4 N–H and O–H groups in total. The molecule has 1 aliphatic heterocycles. The number of aliphatic hydroxyl groups is 1. The number of hydrogen-bond acceptors (Lipinski definition) is 6. The van der Waals surface area contributed by atoms with Gasteiger partial charge in [-0.3, -0.25) is 19.2 Å². The number of nitrogens with one attached hydrogen (secondary N) is 3. The van der Waals surface area contributed by atoms with E-state index in [1.807, 2.05) is 58.0 Å². The fraction of sp³-hybridized carbons (Fsp3) is 0.667. The zero-order valence-corrected chi connectivity index (χ0v) is 23.9. The van der Waals surface area contributed by atoms with E-state index in [1.54, 1.807) is 6.92 Å². The van der Waals surface area contributed by atoms with Gasteiger partial charge in [-0.1, -0.05) is 70.9 Å². The number of ether oxygens (including phenoxy) is 1. The average molecular weight is 544 g/mol. The lowest BCUT2D eigenvalue weighted by Gasteiger charge is -2.27. The number of carbonyl (C=O) groups is 4. The number of aliphatic hydroxyl groups excluding tert-OH is 1. The molecule has 2 aliphatic rings. The van der Waals surface area contributed by atoms with Gasteiger partial charge in [0.15, 0.2) is 5.78 Å². The highest BCUT2D eigenvalue weighted by molar-refractivity contribution is 5.98.